The van der Waals surface area contributed by atoms with Crippen LogP contribution >= 0.6 is 0 Å². The number of carboxylic acids is 1. The van der Waals surface area contributed by atoms with Crippen LogP contribution in [0.2, 0.25) is 0 Å². The van der Waals surface area contributed by atoms with Crippen LogP contribution < -0.4 is 5.32 Å². The van der Waals surface area contributed by atoms with Crippen molar-refractivity contribution in [3.63, 3.8) is 0 Å². The van der Waals surface area contributed by atoms with Gasteiger partial charge in [-0.25, -0.2) is 4.79 Å². The van der Waals surface area contributed by atoms with E-state index in [2.05, 4.69) is 5.32 Å². The van der Waals surface area contributed by atoms with Gasteiger partial charge in [-0.2, -0.15) is 13.2 Å². The first-order valence-corrected chi connectivity index (χ1v) is 4.77. The first-order chi connectivity index (χ1) is 7.89. The van der Waals surface area contributed by atoms with Crippen molar-refractivity contribution >= 4 is 17.7 Å². The Morgan fingerprint density at radius 3 is 2.65 bits per heavy atom. The van der Waals surface area contributed by atoms with Crippen molar-refractivity contribution in [2.45, 2.75) is 6.18 Å². The maximum absolute atomic E-state index is 12.7. The molecule has 0 atom stereocenters. The quantitative estimate of drug-likeness (QED) is 0.797. The van der Waals surface area contributed by atoms with E-state index in [9.17, 15) is 18.0 Å². The van der Waals surface area contributed by atoms with Crippen molar-refractivity contribution in [2.24, 2.45) is 0 Å². The number of rotatable bonds is 1. The van der Waals surface area contributed by atoms with Crippen molar-refractivity contribution < 1.29 is 23.1 Å². The molecule has 2 rings (SSSR count). The molecule has 3 nitrogen and oxygen atoms in total. The van der Waals surface area contributed by atoms with E-state index in [1.54, 1.807) is 0 Å². The van der Waals surface area contributed by atoms with Crippen LogP contribution in [0.5, 0.6) is 0 Å². The van der Waals surface area contributed by atoms with Gasteiger partial charge in [0.2, 0.25) is 0 Å². The third-order valence-corrected chi connectivity index (χ3v) is 2.46. The van der Waals surface area contributed by atoms with E-state index in [1.165, 1.54) is 18.2 Å². The van der Waals surface area contributed by atoms with Crippen molar-refractivity contribution in [3.8, 4) is 0 Å². The summed E-state index contributed by atoms with van der Waals surface area (Å²) in [5, 5.41) is 11.3. The fourth-order valence-electron chi connectivity index (χ4n) is 1.68. The molecule has 17 heavy (non-hydrogen) atoms. The van der Waals surface area contributed by atoms with Gasteiger partial charge >= 0.3 is 12.1 Å². The van der Waals surface area contributed by atoms with E-state index in [-0.39, 0.29) is 23.4 Å². The number of carboxylic acid groups (broad SMARTS) is 1. The minimum absolute atomic E-state index is 0.0387. The molecule has 0 aromatic heterocycles. The summed E-state index contributed by atoms with van der Waals surface area (Å²) in [7, 11) is 0. The molecule has 90 valence electrons. The van der Waals surface area contributed by atoms with Gasteiger partial charge in [0.15, 0.2) is 0 Å². The smallest absolute Gasteiger partial charge is 0.418 e. The van der Waals surface area contributed by atoms with E-state index in [0.29, 0.717) is 0 Å². The Hall–Kier alpha value is -1.98. The van der Waals surface area contributed by atoms with E-state index in [0.717, 1.165) is 6.07 Å². The van der Waals surface area contributed by atoms with Crippen LogP contribution in [0.1, 0.15) is 11.1 Å². The minimum atomic E-state index is -4.45. The van der Waals surface area contributed by atoms with Gasteiger partial charge in [0.05, 0.1) is 16.8 Å². The molecule has 1 heterocycles. The summed E-state index contributed by atoms with van der Waals surface area (Å²) in [4.78, 5) is 10.7. The summed E-state index contributed by atoms with van der Waals surface area (Å²) in [6, 6.07) is 3.66. The number of carbonyl (C=O) groups is 1. The molecule has 0 radical (unpaired) electrons. The van der Waals surface area contributed by atoms with E-state index < -0.39 is 17.7 Å². The van der Waals surface area contributed by atoms with Crippen LogP contribution in [-0.4, -0.2) is 17.6 Å². The Balaban J connectivity index is 2.53. The first kappa shape index (κ1) is 11.5. The predicted octanol–water partition coefficient (Wildman–Crippen LogP) is 2.60. The lowest BCUT2D eigenvalue weighted by molar-refractivity contribution is -0.137. The average Bonchev–Trinajstić information content (AvgIpc) is 2.26. The molecule has 0 spiro atoms. The predicted molar refractivity (Wildman–Crippen MR) is 55.5 cm³/mol. The standard InChI is InChI=1S/C11H8F3NO2/c12-11(13,14)8-3-1-2-6-4-7(10(16)17)5-15-9(6)8/h1-4,15H,5H2,(H,16,17). The van der Waals surface area contributed by atoms with E-state index in [1.807, 2.05) is 0 Å². The van der Waals surface area contributed by atoms with Crippen molar-refractivity contribution in [1.82, 2.24) is 0 Å². The number of nitrogens with one attached hydrogen (secondary N) is 1. The van der Waals surface area contributed by atoms with Gasteiger partial charge in [-0.1, -0.05) is 12.1 Å². The average molecular weight is 243 g/mol. The molecule has 0 amide bonds. The maximum atomic E-state index is 12.7. The zero-order chi connectivity index (χ0) is 12.6. The molecule has 0 aliphatic carbocycles. The van der Waals surface area contributed by atoms with Crippen LogP contribution in [0.15, 0.2) is 23.8 Å². The maximum Gasteiger partial charge on any atom is 0.418 e. The number of para-hydroxylation sites is 1. The van der Waals surface area contributed by atoms with Crippen molar-refractivity contribution in [3.05, 3.63) is 34.9 Å². The molecule has 2 N–H and O–H groups in total. The second kappa shape index (κ2) is 3.80. The Labute approximate surface area is 94.6 Å². The zero-order valence-electron chi connectivity index (χ0n) is 8.51. The lowest BCUT2D eigenvalue weighted by Gasteiger charge is -2.21. The van der Waals surface area contributed by atoms with Crippen LogP contribution in [0.25, 0.3) is 6.08 Å². The normalized spacial score (nSPS) is 14.6. The fraction of sp³-hybridized carbons (Fsp3) is 0.182. The molecule has 0 bridgehead atoms. The number of halogens is 3. The van der Waals surface area contributed by atoms with Crippen LogP contribution in [-0.2, 0) is 11.0 Å². The molecule has 0 fully saturated rings. The largest absolute Gasteiger partial charge is 0.478 e. The van der Waals surface area contributed by atoms with Crippen LogP contribution in [0.4, 0.5) is 18.9 Å². The van der Waals surface area contributed by atoms with Crippen LogP contribution in [0.3, 0.4) is 0 Å². The highest BCUT2D eigenvalue weighted by Crippen LogP contribution is 2.38. The molecule has 1 aromatic rings. The Kier molecular flexibility index (Phi) is 2.57. The molecule has 0 saturated heterocycles. The monoisotopic (exact) mass is 243 g/mol. The number of aliphatic carboxylic acids is 1. The van der Waals surface area contributed by atoms with E-state index >= 15 is 0 Å². The summed E-state index contributed by atoms with van der Waals surface area (Å²) >= 11 is 0. The summed E-state index contributed by atoms with van der Waals surface area (Å²) in [5.41, 5.74) is -0.569. The third kappa shape index (κ3) is 2.11. The highest BCUT2D eigenvalue weighted by Gasteiger charge is 2.35. The number of fused-ring (bicyclic) bond motifs is 1. The molecule has 1 aliphatic rings. The number of hydrogen-bond acceptors (Lipinski definition) is 2. The summed E-state index contributed by atoms with van der Waals surface area (Å²) in [5.74, 6) is -1.14. The van der Waals surface area contributed by atoms with Crippen molar-refractivity contribution in [1.29, 1.82) is 0 Å². The van der Waals surface area contributed by atoms with Gasteiger partial charge in [0.25, 0.3) is 0 Å². The molecule has 6 heteroatoms. The second-order valence-electron chi connectivity index (χ2n) is 3.60. The fourth-order valence-corrected chi connectivity index (χ4v) is 1.68. The third-order valence-electron chi connectivity index (χ3n) is 2.46. The zero-order valence-corrected chi connectivity index (χ0v) is 8.51. The van der Waals surface area contributed by atoms with Crippen LogP contribution in [0, 0.1) is 0 Å². The van der Waals surface area contributed by atoms with Gasteiger partial charge in [-0.05, 0) is 17.7 Å². The lowest BCUT2D eigenvalue weighted by Crippen LogP contribution is -2.20. The minimum Gasteiger partial charge on any atom is -0.478 e. The topological polar surface area (TPSA) is 49.3 Å². The molecular formula is C11H8F3NO2. The molecular weight excluding hydrogens is 235 g/mol. The highest BCUT2D eigenvalue weighted by molar-refractivity contribution is 5.96. The van der Waals surface area contributed by atoms with Gasteiger partial charge in [0, 0.05) is 6.54 Å². The SMILES string of the molecule is O=C(O)C1=Cc2cccc(C(F)(F)F)c2NC1. The Morgan fingerprint density at radius 1 is 1.35 bits per heavy atom. The summed E-state index contributed by atoms with van der Waals surface area (Å²) < 4.78 is 38.0. The Bertz CT molecular complexity index is 506. The number of hydrogen-bond donors (Lipinski definition) is 2. The van der Waals surface area contributed by atoms with E-state index in [4.69, 9.17) is 5.11 Å². The summed E-state index contributed by atoms with van der Waals surface area (Å²) in [6.45, 7) is -0.116. The molecule has 0 saturated carbocycles. The number of benzene rings is 1. The van der Waals surface area contributed by atoms with Gasteiger partial charge in [-0.3, -0.25) is 0 Å². The molecule has 1 aliphatic heterocycles. The van der Waals surface area contributed by atoms with Gasteiger partial charge in [-0.15, -0.1) is 0 Å². The van der Waals surface area contributed by atoms with Crippen molar-refractivity contribution in [2.75, 3.05) is 11.9 Å². The number of anilines is 1. The first-order valence-electron chi connectivity index (χ1n) is 4.77. The molecule has 0 unspecified atom stereocenters. The summed E-state index contributed by atoms with van der Waals surface area (Å²) in [6.07, 6.45) is -3.20. The van der Waals surface area contributed by atoms with Gasteiger partial charge < -0.3 is 10.4 Å². The number of alkyl halides is 3. The Morgan fingerprint density at radius 2 is 2.06 bits per heavy atom. The lowest BCUT2D eigenvalue weighted by atomic mass is 10.0. The highest BCUT2D eigenvalue weighted by atomic mass is 19.4. The van der Waals surface area contributed by atoms with Gasteiger partial charge in [0.1, 0.15) is 0 Å². The molecule has 1 aromatic carbocycles. The second-order valence-corrected chi connectivity index (χ2v) is 3.60.